The summed E-state index contributed by atoms with van der Waals surface area (Å²) in [6, 6.07) is 12.5. The normalized spacial score (nSPS) is 10.5. The first-order valence-corrected chi connectivity index (χ1v) is 8.08. The first-order chi connectivity index (χ1) is 10.6. The molecule has 0 atom stereocenters. The van der Waals surface area contributed by atoms with Gasteiger partial charge in [-0.05, 0) is 36.2 Å². The topological polar surface area (TPSA) is 52.4 Å². The van der Waals surface area contributed by atoms with Crippen LogP contribution in [0.5, 0.6) is 5.75 Å². The lowest BCUT2D eigenvalue weighted by Gasteiger charge is -2.08. The van der Waals surface area contributed by atoms with Gasteiger partial charge in [-0.1, -0.05) is 47.8 Å². The number of hydrogen-bond donors (Lipinski definition) is 0. The molecule has 2 aromatic carbocycles. The molecule has 0 heterocycles. The number of hydrogen-bond acceptors (Lipinski definition) is 3. The largest absolute Gasteiger partial charge is 0.494 e. The van der Waals surface area contributed by atoms with Gasteiger partial charge in [-0.25, -0.2) is 0 Å². The fraction of sp³-hybridized carbons (Fsp3) is 0.294. The minimum absolute atomic E-state index is 0.0889. The maximum Gasteiger partial charge on any atom is 0.278 e. The lowest BCUT2D eigenvalue weighted by atomic mass is 10.0. The number of nitrogens with zero attached hydrogens (tertiary/aromatic N) is 1. The fourth-order valence-electron chi connectivity index (χ4n) is 2.17. The van der Waals surface area contributed by atoms with Gasteiger partial charge in [0, 0.05) is 10.5 Å². The van der Waals surface area contributed by atoms with Crippen molar-refractivity contribution in [1.29, 1.82) is 0 Å². The molecule has 0 saturated carbocycles. The second-order valence-electron chi connectivity index (χ2n) is 5.00. The summed E-state index contributed by atoms with van der Waals surface area (Å²) in [6.45, 7) is 2.85. The molecule has 5 heteroatoms. The Hall–Kier alpha value is -1.88. The first-order valence-electron chi connectivity index (χ1n) is 7.29. The summed E-state index contributed by atoms with van der Waals surface area (Å²) in [4.78, 5) is 10.8. The summed E-state index contributed by atoms with van der Waals surface area (Å²) >= 11 is 3.27. The van der Waals surface area contributed by atoms with Crippen LogP contribution in [-0.4, -0.2) is 11.5 Å². The van der Waals surface area contributed by atoms with E-state index in [0.29, 0.717) is 16.6 Å². The lowest BCUT2D eigenvalue weighted by molar-refractivity contribution is -0.384. The SMILES string of the molecule is CCCCCOc1ccc(-c2ccc(Br)cc2[N+](=O)[O-])cc1. The lowest BCUT2D eigenvalue weighted by Crippen LogP contribution is -1.97. The average Bonchev–Trinajstić information content (AvgIpc) is 2.52. The molecular formula is C17H18BrNO3. The fourth-order valence-corrected chi connectivity index (χ4v) is 2.52. The summed E-state index contributed by atoms with van der Waals surface area (Å²) in [7, 11) is 0. The number of benzene rings is 2. The summed E-state index contributed by atoms with van der Waals surface area (Å²) in [6.07, 6.45) is 3.36. The van der Waals surface area contributed by atoms with Crippen molar-refractivity contribution in [2.45, 2.75) is 26.2 Å². The Kier molecular flexibility index (Phi) is 5.95. The predicted molar refractivity (Wildman–Crippen MR) is 91.3 cm³/mol. The number of nitro groups is 1. The number of ether oxygens (including phenoxy) is 1. The molecule has 116 valence electrons. The molecule has 0 fully saturated rings. The van der Waals surface area contributed by atoms with E-state index < -0.39 is 0 Å². The minimum Gasteiger partial charge on any atom is -0.494 e. The maximum atomic E-state index is 11.2. The second kappa shape index (κ2) is 7.94. The second-order valence-corrected chi connectivity index (χ2v) is 5.91. The monoisotopic (exact) mass is 363 g/mol. The Morgan fingerprint density at radius 3 is 2.50 bits per heavy atom. The Morgan fingerprint density at radius 1 is 1.14 bits per heavy atom. The van der Waals surface area contributed by atoms with Crippen LogP contribution in [0.25, 0.3) is 11.1 Å². The van der Waals surface area contributed by atoms with E-state index in [1.807, 2.05) is 24.3 Å². The maximum absolute atomic E-state index is 11.2. The molecule has 4 nitrogen and oxygen atoms in total. The van der Waals surface area contributed by atoms with Gasteiger partial charge in [-0.15, -0.1) is 0 Å². The van der Waals surface area contributed by atoms with Crippen LogP contribution in [-0.2, 0) is 0 Å². The van der Waals surface area contributed by atoms with Crippen LogP contribution in [0.3, 0.4) is 0 Å². The van der Waals surface area contributed by atoms with Crippen LogP contribution in [0.2, 0.25) is 0 Å². The van der Waals surface area contributed by atoms with Gasteiger partial charge in [0.25, 0.3) is 5.69 Å². The zero-order valence-corrected chi connectivity index (χ0v) is 14.0. The molecule has 0 bridgehead atoms. The van der Waals surface area contributed by atoms with Crippen LogP contribution < -0.4 is 4.74 Å². The summed E-state index contributed by atoms with van der Waals surface area (Å²) in [5, 5.41) is 11.2. The molecule has 0 aromatic heterocycles. The third-order valence-electron chi connectivity index (χ3n) is 3.34. The predicted octanol–water partition coefficient (Wildman–Crippen LogP) is 5.59. The van der Waals surface area contributed by atoms with Crippen LogP contribution in [0.1, 0.15) is 26.2 Å². The highest BCUT2D eigenvalue weighted by atomic mass is 79.9. The van der Waals surface area contributed by atoms with Gasteiger partial charge in [0.05, 0.1) is 17.1 Å². The van der Waals surface area contributed by atoms with Gasteiger partial charge in [0.2, 0.25) is 0 Å². The molecule has 0 saturated heterocycles. The molecule has 2 rings (SSSR count). The third-order valence-corrected chi connectivity index (χ3v) is 3.83. The molecule has 22 heavy (non-hydrogen) atoms. The van der Waals surface area contributed by atoms with Crippen molar-refractivity contribution in [2.24, 2.45) is 0 Å². The average molecular weight is 364 g/mol. The Labute approximate surface area is 138 Å². The molecule has 0 unspecified atom stereocenters. The molecule has 0 spiro atoms. The quantitative estimate of drug-likeness (QED) is 0.365. The zero-order valence-electron chi connectivity index (χ0n) is 12.4. The Balaban J connectivity index is 2.15. The van der Waals surface area contributed by atoms with E-state index >= 15 is 0 Å². The van der Waals surface area contributed by atoms with E-state index in [2.05, 4.69) is 22.9 Å². The third kappa shape index (κ3) is 4.31. The number of nitro benzene ring substituents is 1. The molecule has 0 amide bonds. The smallest absolute Gasteiger partial charge is 0.278 e. The molecule has 0 aliphatic heterocycles. The van der Waals surface area contributed by atoms with E-state index in [-0.39, 0.29) is 10.6 Å². The van der Waals surface area contributed by atoms with Gasteiger partial charge in [-0.3, -0.25) is 10.1 Å². The molecule has 0 N–H and O–H groups in total. The van der Waals surface area contributed by atoms with Crippen LogP contribution >= 0.6 is 15.9 Å². The van der Waals surface area contributed by atoms with Crippen molar-refractivity contribution >= 4 is 21.6 Å². The van der Waals surface area contributed by atoms with Gasteiger partial charge >= 0.3 is 0 Å². The van der Waals surface area contributed by atoms with Gasteiger partial charge in [0.1, 0.15) is 5.75 Å². The van der Waals surface area contributed by atoms with Crippen molar-refractivity contribution in [2.75, 3.05) is 6.61 Å². The number of halogens is 1. The molecule has 0 radical (unpaired) electrons. The highest BCUT2D eigenvalue weighted by Crippen LogP contribution is 2.33. The van der Waals surface area contributed by atoms with Crippen LogP contribution in [0.15, 0.2) is 46.9 Å². The zero-order chi connectivity index (χ0) is 15.9. The van der Waals surface area contributed by atoms with E-state index in [0.717, 1.165) is 30.6 Å². The van der Waals surface area contributed by atoms with Crippen LogP contribution in [0, 0.1) is 10.1 Å². The van der Waals surface area contributed by atoms with E-state index in [9.17, 15) is 10.1 Å². The van der Waals surface area contributed by atoms with Gasteiger partial charge in [0.15, 0.2) is 0 Å². The molecule has 0 aliphatic carbocycles. The first kappa shape index (κ1) is 16.5. The number of unbranched alkanes of at least 4 members (excludes halogenated alkanes) is 2. The van der Waals surface area contributed by atoms with Crippen LogP contribution in [0.4, 0.5) is 5.69 Å². The Bertz CT molecular complexity index is 641. The van der Waals surface area contributed by atoms with E-state index in [1.54, 1.807) is 12.1 Å². The summed E-state index contributed by atoms with van der Waals surface area (Å²) in [5.41, 5.74) is 1.50. The minimum atomic E-state index is -0.366. The molecule has 2 aromatic rings. The Morgan fingerprint density at radius 2 is 1.86 bits per heavy atom. The van der Waals surface area contributed by atoms with Crippen molar-refractivity contribution < 1.29 is 9.66 Å². The van der Waals surface area contributed by atoms with Crippen molar-refractivity contribution in [3.05, 3.63) is 57.1 Å². The molecular weight excluding hydrogens is 346 g/mol. The van der Waals surface area contributed by atoms with Crippen molar-refractivity contribution in [3.63, 3.8) is 0 Å². The highest BCUT2D eigenvalue weighted by molar-refractivity contribution is 9.10. The van der Waals surface area contributed by atoms with Crippen molar-refractivity contribution in [3.8, 4) is 16.9 Å². The summed E-state index contributed by atoms with van der Waals surface area (Å²) in [5.74, 6) is 0.791. The van der Waals surface area contributed by atoms with E-state index in [4.69, 9.17) is 4.74 Å². The summed E-state index contributed by atoms with van der Waals surface area (Å²) < 4.78 is 6.35. The van der Waals surface area contributed by atoms with E-state index in [1.165, 1.54) is 6.07 Å². The van der Waals surface area contributed by atoms with Crippen molar-refractivity contribution in [1.82, 2.24) is 0 Å². The molecule has 0 aliphatic rings. The van der Waals surface area contributed by atoms with Gasteiger partial charge < -0.3 is 4.74 Å². The number of rotatable bonds is 7. The highest BCUT2D eigenvalue weighted by Gasteiger charge is 2.15. The standard InChI is InChI=1S/C17H18BrNO3/c1-2-3-4-11-22-15-8-5-13(6-9-15)16-10-7-14(18)12-17(16)19(20)21/h5-10,12H,2-4,11H2,1H3. The van der Waals surface area contributed by atoms with Gasteiger partial charge in [-0.2, -0.15) is 0 Å².